The predicted octanol–water partition coefficient (Wildman–Crippen LogP) is 1.55. The van der Waals surface area contributed by atoms with Gasteiger partial charge in [0, 0.05) is 5.57 Å². The van der Waals surface area contributed by atoms with Gasteiger partial charge in [-0.05, 0) is 35.9 Å². The van der Waals surface area contributed by atoms with Gasteiger partial charge in [0.05, 0.1) is 0 Å². The molecule has 0 spiro atoms. The van der Waals surface area contributed by atoms with Crippen LogP contribution in [-0.2, 0) is 9.59 Å². The normalized spacial score (nSPS) is 17.7. The van der Waals surface area contributed by atoms with E-state index < -0.39 is 0 Å². The molecule has 4 heteroatoms. The molecular formula is C14H10O4. The van der Waals surface area contributed by atoms with Gasteiger partial charge in [-0.15, -0.1) is 0 Å². The van der Waals surface area contributed by atoms with E-state index in [9.17, 15) is 9.59 Å². The molecule has 4 nitrogen and oxygen atoms in total. The van der Waals surface area contributed by atoms with Crippen LogP contribution in [0.4, 0.5) is 0 Å². The minimum Gasteiger partial charge on any atom is -0.486 e. The van der Waals surface area contributed by atoms with Gasteiger partial charge in [0.25, 0.3) is 0 Å². The molecule has 0 amide bonds. The first-order chi connectivity index (χ1) is 8.74. The summed E-state index contributed by atoms with van der Waals surface area (Å²) in [7, 11) is 0. The average Bonchev–Trinajstić information content (AvgIpc) is 2.41. The van der Waals surface area contributed by atoms with Gasteiger partial charge in [0.1, 0.15) is 13.2 Å². The number of rotatable bonds is 1. The van der Waals surface area contributed by atoms with Crippen LogP contribution in [0.2, 0.25) is 0 Å². The van der Waals surface area contributed by atoms with Crippen LogP contribution in [0.5, 0.6) is 11.5 Å². The topological polar surface area (TPSA) is 52.6 Å². The van der Waals surface area contributed by atoms with Crippen molar-refractivity contribution in [1.82, 2.24) is 0 Å². The van der Waals surface area contributed by atoms with Gasteiger partial charge in [0.15, 0.2) is 23.1 Å². The molecule has 0 unspecified atom stereocenters. The summed E-state index contributed by atoms with van der Waals surface area (Å²) < 4.78 is 10.9. The average molecular weight is 242 g/mol. The van der Waals surface area contributed by atoms with E-state index in [1.54, 1.807) is 18.2 Å². The Labute approximate surface area is 104 Å². The number of fused-ring (bicyclic) bond motifs is 1. The molecule has 1 aromatic carbocycles. The molecule has 1 heterocycles. The maximum absolute atomic E-state index is 11.7. The second-order valence-electron chi connectivity index (χ2n) is 4.02. The maximum atomic E-state index is 11.7. The van der Waals surface area contributed by atoms with Crippen LogP contribution in [-0.4, -0.2) is 24.8 Å². The number of hydrogen-bond acceptors (Lipinski definition) is 4. The van der Waals surface area contributed by atoms with Gasteiger partial charge in [0.2, 0.25) is 0 Å². The van der Waals surface area contributed by atoms with Crippen LogP contribution in [0.15, 0.2) is 36.4 Å². The second-order valence-corrected chi connectivity index (χ2v) is 4.02. The Balaban J connectivity index is 2.02. The summed E-state index contributed by atoms with van der Waals surface area (Å²) in [5.74, 6) is 0.913. The molecule has 1 aliphatic carbocycles. The van der Waals surface area contributed by atoms with E-state index in [1.165, 1.54) is 18.2 Å². The monoisotopic (exact) mass is 242 g/mol. The Morgan fingerprint density at radius 1 is 0.944 bits per heavy atom. The summed E-state index contributed by atoms with van der Waals surface area (Å²) in [6.07, 6.45) is 3.89. The zero-order valence-electron chi connectivity index (χ0n) is 9.51. The lowest BCUT2D eigenvalue weighted by molar-refractivity contribution is -0.113. The second kappa shape index (κ2) is 4.14. The number of carbonyl (C=O) groups excluding carboxylic acids is 2. The smallest absolute Gasteiger partial charge is 0.186 e. The molecule has 0 saturated carbocycles. The molecule has 90 valence electrons. The molecule has 18 heavy (non-hydrogen) atoms. The number of carbonyl (C=O) groups is 2. The van der Waals surface area contributed by atoms with E-state index >= 15 is 0 Å². The highest BCUT2D eigenvalue weighted by Crippen LogP contribution is 2.33. The van der Waals surface area contributed by atoms with E-state index in [1.807, 2.05) is 0 Å². The van der Waals surface area contributed by atoms with Crippen molar-refractivity contribution in [3.63, 3.8) is 0 Å². The summed E-state index contributed by atoms with van der Waals surface area (Å²) in [5, 5.41) is 0. The van der Waals surface area contributed by atoms with E-state index in [-0.39, 0.29) is 11.6 Å². The highest BCUT2D eigenvalue weighted by molar-refractivity contribution is 6.33. The third-order valence-electron chi connectivity index (χ3n) is 2.80. The highest BCUT2D eigenvalue weighted by atomic mass is 16.6. The summed E-state index contributed by atoms with van der Waals surface area (Å²) >= 11 is 0. The molecule has 0 aromatic heterocycles. The fourth-order valence-electron chi connectivity index (χ4n) is 1.95. The van der Waals surface area contributed by atoms with E-state index in [0.29, 0.717) is 35.8 Å². The molecule has 1 aliphatic heterocycles. The van der Waals surface area contributed by atoms with Crippen LogP contribution in [0, 0.1) is 0 Å². The van der Waals surface area contributed by atoms with Crippen LogP contribution in [0.25, 0.3) is 5.57 Å². The largest absolute Gasteiger partial charge is 0.486 e. The third-order valence-corrected chi connectivity index (χ3v) is 2.80. The standard InChI is InChI=1S/C14H10O4/c15-10-2-3-12(16)11(8-10)9-1-4-13-14(7-9)18-6-5-17-13/h1-4,7-8H,5-6H2. The minimum atomic E-state index is -0.181. The Hall–Kier alpha value is -2.36. The summed E-state index contributed by atoms with van der Waals surface area (Å²) in [6, 6.07) is 5.23. The summed E-state index contributed by atoms with van der Waals surface area (Å²) in [4.78, 5) is 23.0. The lowest BCUT2D eigenvalue weighted by Crippen LogP contribution is -2.15. The van der Waals surface area contributed by atoms with Crippen molar-refractivity contribution in [3.05, 3.63) is 42.0 Å². The van der Waals surface area contributed by atoms with Crippen molar-refractivity contribution >= 4 is 17.1 Å². The quantitative estimate of drug-likeness (QED) is 0.701. The molecular weight excluding hydrogens is 232 g/mol. The van der Waals surface area contributed by atoms with Crippen LogP contribution in [0.1, 0.15) is 5.56 Å². The van der Waals surface area contributed by atoms with E-state index in [0.717, 1.165) is 0 Å². The van der Waals surface area contributed by atoms with Crippen molar-refractivity contribution < 1.29 is 19.1 Å². The number of hydrogen-bond donors (Lipinski definition) is 0. The van der Waals surface area contributed by atoms with E-state index in [4.69, 9.17) is 9.47 Å². The van der Waals surface area contributed by atoms with E-state index in [2.05, 4.69) is 0 Å². The Kier molecular flexibility index (Phi) is 2.48. The first kappa shape index (κ1) is 10.8. The Morgan fingerprint density at radius 2 is 1.72 bits per heavy atom. The van der Waals surface area contributed by atoms with Crippen molar-refractivity contribution in [2.24, 2.45) is 0 Å². The third kappa shape index (κ3) is 1.82. The minimum absolute atomic E-state index is 0.175. The zero-order chi connectivity index (χ0) is 12.5. The lowest BCUT2D eigenvalue weighted by atomic mass is 9.96. The van der Waals surface area contributed by atoms with Crippen LogP contribution in [0.3, 0.4) is 0 Å². The first-order valence-corrected chi connectivity index (χ1v) is 5.62. The molecule has 0 atom stereocenters. The number of ether oxygens (including phenoxy) is 2. The van der Waals surface area contributed by atoms with Gasteiger partial charge < -0.3 is 9.47 Å². The fourth-order valence-corrected chi connectivity index (χ4v) is 1.95. The molecule has 1 aromatic rings. The van der Waals surface area contributed by atoms with Crippen molar-refractivity contribution in [1.29, 1.82) is 0 Å². The molecule has 2 aliphatic rings. The number of benzene rings is 1. The van der Waals surface area contributed by atoms with Gasteiger partial charge in [-0.2, -0.15) is 0 Å². The maximum Gasteiger partial charge on any atom is 0.186 e. The molecule has 0 saturated heterocycles. The molecule has 0 N–H and O–H groups in total. The zero-order valence-corrected chi connectivity index (χ0v) is 9.51. The lowest BCUT2D eigenvalue weighted by Gasteiger charge is -2.19. The van der Waals surface area contributed by atoms with Gasteiger partial charge >= 0.3 is 0 Å². The number of ketones is 2. The molecule has 0 fully saturated rings. The van der Waals surface area contributed by atoms with Gasteiger partial charge in [-0.1, -0.05) is 6.07 Å². The van der Waals surface area contributed by atoms with Crippen molar-refractivity contribution in [2.45, 2.75) is 0 Å². The first-order valence-electron chi connectivity index (χ1n) is 5.62. The Morgan fingerprint density at radius 3 is 2.56 bits per heavy atom. The SMILES string of the molecule is O=C1C=CC(=O)C(c2ccc3c(c2)OCCO3)=C1. The number of allylic oxidation sites excluding steroid dienone is 4. The molecule has 0 radical (unpaired) electrons. The molecule has 3 rings (SSSR count). The van der Waals surface area contributed by atoms with Crippen LogP contribution >= 0.6 is 0 Å². The summed E-state index contributed by atoms with van der Waals surface area (Å²) in [6.45, 7) is 1.01. The van der Waals surface area contributed by atoms with Gasteiger partial charge in [-0.3, -0.25) is 9.59 Å². The van der Waals surface area contributed by atoms with Crippen molar-refractivity contribution in [2.75, 3.05) is 13.2 Å². The Bertz CT molecular complexity index is 596. The van der Waals surface area contributed by atoms with Crippen LogP contribution < -0.4 is 9.47 Å². The van der Waals surface area contributed by atoms with Gasteiger partial charge in [-0.25, -0.2) is 0 Å². The highest BCUT2D eigenvalue weighted by Gasteiger charge is 2.18. The summed E-state index contributed by atoms with van der Waals surface area (Å²) in [5.41, 5.74) is 1.06. The molecule has 0 bridgehead atoms. The van der Waals surface area contributed by atoms with Crippen molar-refractivity contribution in [3.8, 4) is 11.5 Å². The fraction of sp³-hybridized carbons (Fsp3) is 0.143. The predicted molar refractivity (Wildman–Crippen MR) is 64.6 cm³/mol.